The van der Waals surface area contributed by atoms with E-state index in [0.717, 1.165) is 16.7 Å². The summed E-state index contributed by atoms with van der Waals surface area (Å²) >= 11 is 0. The minimum atomic E-state index is -0.249. The zero-order valence-electron chi connectivity index (χ0n) is 16.7. The highest BCUT2D eigenvalue weighted by molar-refractivity contribution is 5.43. The molecule has 0 saturated heterocycles. The number of rotatable bonds is 10. The molecule has 5 nitrogen and oxygen atoms in total. The highest BCUT2D eigenvalue weighted by Crippen LogP contribution is 2.29. The van der Waals surface area contributed by atoms with Crippen molar-refractivity contribution in [2.45, 2.75) is 26.3 Å². The van der Waals surface area contributed by atoms with Crippen LogP contribution < -0.4 is 14.8 Å². The van der Waals surface area contributed by atoms with E-state index in [1.807, 2.05) is 36.4 Å². The van der Waals surface area contributed by atoms with Gasteiger partial charge < -0.3 is 19.5 Å². The number of nitrogens with one attached hydrogen (secondary N) is 1. The van der Waals surface area contributed by atoms with Gasteiger partial charge in [0.05, 0.1) is 13.7 Å². The minimum absolute atomic E-state index is 0.249. The first-order valence-corrected chi connectivity index (χ1v) is 9.35. The second kappa shape index (κ2) is 10.5. The van der Waals surface area contributed by atoms with Gasteiger partial charge in [-0.2, -0.15) is 0 Å². The van der Waals surface area contributed by atoms with Crippen molar-refractivity contribution in [3.63, 3.8) is 0 Å². The van der Waals surface area contributed by atoms with E-state index in [9.17, 15) is 4.39 Å². The van der Waals surface area contributed by atoms with E-state index in [-0.39, 0.29) is 12.4 Å². The normalized spacial score (nSPS) is 10.7. The Morgan fingerprint density at radius 2 is 1.69 bits per heavy atom. The van der Waals surface area contributed by atoms with Crippen molar-refractivity contribution in [2.24, 2.45) is 0 Å². The molecule has 3 rings (SSSR count). The number of nitrogens with zero attached hydrogens (tertiary/aromatic N) is 1. The van der Waals surface area contributed by atoms with Crippen LogP contribution >= 0.6 is 0 Å². The summed E-state index contributed by atoms with van der Waals surface area (Å²) in [5, 5.41) is 3.38. The van der Waals surface area contributed by atoms with Gasteiger partial charge in [0, 0.05) is 43.7 Å². The fourth-order valence-electron chi connectivity index (χ4n) is 2.94. The standard InChI is InChI=1S/C23H25FN2O3/c1-27-16-20-10-17(5-7-21(20)24)12-26-13-18-6-8-22(28-2)23(11-18)29-15-19-4-3-9-25-14-19/h3-11,14,26H,12-13,15-16H2,1-2H3. The molecular weight excluding hydrogens is 371 g/mol. The first kappa shape index (κ1) is 20.8. The Balaban J connectivity index is 1.60. The highest BCUT2D eigenvalue weighted by Gasteiger charge is 2.07. The maximum absolute atomic E-state index is 13.7. The Kier molecular flexibility index (Phi) is 7.55. The van der Waals surface area contributed by atoms with Crippen molar-refractivity contribution in [3.05, 3.63) is 89.0 Å². The van der Waals surface area contributed by atoms with E-state index >= 15 is 0 Å². The van der Waals surface area contributed by atoms with Crippen LogP contribution in [0.1, 0.15) is 22.3 Å². The third-order valence-electron chi connectivity index (χ3n) is 4.41. The summed E-state index contributed by atoms with van der Waals surface area (Å²) in [5.41, 5.74) is 3.61. The molecule has 0 spiro atoms. The molecule has 1 N–H and O–H groups in total. The Morgan fingerprint density at radius 1 is 0.897 bits per heavy atom. The molecule has 3 aromatic rings. The summed E-state index contributed by atoms with van der Waals surface area (Å²) in [4.78, 5) is 4.10. The van der Waals surface area contributed by atoms with Crippen LogP contribution in [0.5, 0.6) is 11.5 Å². The summed E-state index contributed by atoms with van der Waals surface area (Å²) in [5.74, 6) is 1.11. The van der Waals surface area contributed by atoms with Crippen LogP contribution in [0, 0.1) is 5.82 Å². The minimum Gasteiger partial charge on any atom is -0.493 e. The molecule has 6 heteroatoms. The number of benzene rings is 2. The number of halogens is 1. The lowest BCUT2D eigenvalue weighted by Gasteiger charge is -2.13. The predicted molar refractivity (Wildman–Crippen MR) is 109 cm³/mol. The molecule has 1 heterocycles. The Bertz CT molecular complexity index is 919. The lowest BCUT2D eigenvalue weighted by atomic mass is 10.1. The fraction of sp³-hybridized carbons (Fsp3) is 0.261. The van der Waals surface area contributed by atoms with Crippen molar-refractivity contribution in [1.29, 1.82) is 0 Å². The number of pyridine rings is 1. The second-order valence-corrected chi connectivity index (χ2v) is 6.60. The maximum Gasteiger partial charge on any atom is 0.161 e. The molecule has 0 aliphatic rings. The third-order valence-corrected chi connectivity index (χ3v) is 4.41. The van der Waals surface area contributed by atoms with Crippen LogP contribution in [0.4, 0.5) is 4.39 Å². The van der Waals surface area contributed by atoms with Gasteiger partial charge in [-0.15, -0.1) is 0 Å². The van der Waals surface area contributed by atoms with Crippen molar-refractivity contribution < 1.29 is 18.6 Å². The van der Waals surface area contributed by atoms with E-state index in [1.165, 1.54) is 6.07 Å². The second-order valence-electron chi connectivity index (χ2n) is 6.60. The molecule has 1 aromatic heterocycles. The van der Waals surface area contributed by atoms with Gasteiger partial charge in [-0.25, -0.2) is 4.39 Å². The van der Waals surface area contributed by atoms with E-state index in [0.29, 0.717) is 36.8 Å². The molecule has 0 atom stereocenters. The van der Waals surface area contributed by atoms with Crippen LogP contribution in [-0.4, -0.2) is 19.2 Å². The van der Waals surface area contributed by atoms with Gasteiger partial charge in [-0.1, -0.05) is 18.2 Å². The number of ether oxygens (including phenoxy) is 3. The summed E-state index contributed by atoms with van der Waals surface area (Å²) in [6.07, 6.45) is 3.51. The van der Waals surface area contributed by atoms with Crippen LogP contribution in [0.25, 0.3) is 0 Å². The average Bonchev–Trinajstić information content (AvgIpc) is 2.75. The van der Waals surface area contributed by atoms with Crippen molar-refractivity contribution in [3.8, 4) is 11.5 Å². The largest absolute Gasteiger partial charge is 0.493 e. The lowest BCUT2D eigenvalue weighted by molar-refractivity contribution is 0.181. The van der Waals surface area contributed by atoms with Crippen LogP contribution in [-0.2, 0) is 31.0 Å². The van der Waals surface area contributed by atoms with E-state index in [4.69, 9.17) is 14.2 Å². The van der Waals surface area contributed by atoms with Crippen molar-refractivity contribution in [2.75, 3.05) is 14.2 Å². The van der Waals surface area contributed by atoms with E-state index < -0.39 is 0 Å². The van der Waals surface area contributed by atoms with Crippen LogP contribution in [0.2, 0.25) is 0 Å². The van der Waals surface area contributed by atoms with Crippen LogP contribution in [0.15, 0.2) is 60.9 Å². The Labute approximate surface area is 170 Å². The molecule has 0 unspecified atom stereocenters. The van der Waals surface area contributed by atoms with Gasteiger partial charge in [0.2, 0.25) is 0 Å². The van der Waals surface area contributed by atoms with E-state index in [1.54, 1.807) is 32.7 Å². The van der Waals surface area contributed by atoms with E-state index in [2.05, 4.69) is 10.3 Å². The summed E-state index contributed by atoms with van der Waals surface area (Å²) < 4.78 is 30.1. The van der Waals surface area contributed by atoms with Gasteiger partial charge in [0.15, 0.2) is 11.5 Å². The van der Waals surface area contributed by atoms with Crippen molar-refractivity contribution >= 4 is 0 Å². The zero-order valence-corrected chi connectivity index (χ0v) is 16.7. The number of methoxy groups -OCH3 is 2. The molecule has 29 heavy (non-hydrogen) atoms. The summed E-state index contributed by atoms with van der Waals surface area (Å²) in [7, 11) is 3.18. The molecule has 2 aromatic carbocycles. The molecule has 0 amide bonds. The third kappa shape index (κ3) is 6.01. The molecule has 0 fully saturated rings. The molecule has 0 bridgehead atoms. The SMILES string of the molecule is COCc1cc(CNCc2ccc(OC)c(OCc3cccnc3)c2)ccc1F. The first-order valence-electron chi connectivity index (χ1n) is 9.35. The fourth-order valence-corrected chi connectivity index (χ4v) is 2.94. The predicted octanol–water partition coefficient (Wildman–Crippen LogP) is 4.24. The summed E-state index contributed by atoms with van der Waals surface area (Å²) in [6.45, 7) is 1.94. The number of aromatic nitrogens is 1. The molecule has 0 aliphatic heterocycles. The molecular formula is C23H25FN2O3. The molecule has 0 aliphatic carbocycles. The molecule has 0 radical (unpaired) electrons. The van der Waals surface area contributed by atoms with Gasteiger partial charge in [-0.05, 0) is 41.5 Å². The maximum atomic E-state index is 13.7. The Hall–Kier alpha value is -2.96. The topological polar surface area (TPSA) is 52.6 Å². The van der Waals surface area contributed by atoms with Gasteiger partial charge >= 0.3 is 0 Å². The monoisotopic (exact) mass is 396 g/mol. The summed E-state index contributed by atoms with van der Waals surface area (Å²) in [6, 6.07) is 14.8. The smallest absolute Gasteiger partial charge is 0.161 e. The quantitative estimate of drug-likeness (QED) is 0.555. The van der Waals surface area contributed by atoms with Crippen molar-refractivity contribution in [1.82, 2.24) is 10.3 Å². The molecule has 152 valence electrons. The first-order chi connectivity index (χ1) is 14.2. The number of hydrogen-bond acceptors (Lipinski definition) is 5. The highest BCUT2D eigenvalue weighted by atomic mass is 19.1. The van der Waals surface area contributed by atoms with Gasteiger partial charge in [-0.3, -0.25) is 4.98 Å². The van der Waals surface area contributed by atoms with Gasteiger partial charge in [0.1, 0.15) is 12.4 Å². The zero-order chi connectivity index (χ0) is 20.5. The van der Waals surface area contributed by atoms with Gasteiger partial charge in [0.25, 0.3) is 0 Å². The Morgan fingerprint density at radius 3 is 2.41 bits per heavy atom. The average molecular weight is 396 g/mol. The lowest BCUT2D eigenvalue weighted by Crippen LogP contribution is -2.13. The molecule has 0 saturated carbocycles. The van der Waals surface area contributed by atoms with Crippen LogP contribution in [0.3, 0.4) is 0 Å². The number of hydrogen-bond donors (Lipinski definition) is 1.